The molecule has 2 aliphatic rings. The third-order valence-corrected chi connectivity index (χ3v) is 7.14. The first-order valence-electron chi connectivity index (χ1n) is 11.2. The lowest BCUT2D eigenvalue weighted by Gasteiger charge is -2.36. The van der Waals surface area contributed by atoms with Crippen LogP contribution < -0.4 is 10.1 Å². The first-order chi connectivity index (χ1) is 16.0. The average molecular weight is 468 g/mol. The topological polar surface area (TPSA) is 73.9 Å². The highest BCUT2D eigenvalue weighted by atomic mass is 32.1. The van der Waals surface area contributed by atoms with Gasteiger partial charge in [0.05, 0.1) is 19.3 Å². The second kappa shape index (κ2) is 10.4. The molecule has 1 aliphatic carbocycles. The van der Waals surface area contributed by atoms with E-state index in [0.29, 0.717) is 30.8 Å². The number of carbonyl (C=O) groups is 2. The molecule has 0 amide bonds. The van der Waals surface area contributed by atoms with E-state index in [9.17, 15) is 9.59 Å². The first kappa shape index (κ1) is 23.3. The monoisotopic (exact) mass is 467 g/mol. The minimum atomic E-state index is -0.483. The Hall–Kier alpha value is -2.90. The highest BCUT2D eigenvalue weighted by molar-refractivity contribution is 7.10. The molecule has 4 rings (SSSR count). The Labute approximate surface area is 198 Å². The number of hydrogen-bond acceptors (Lipinski definition) is 7. The van der Waals surface area contributed by atoms with Gasteiger partial charge in [0.15, 0.2) is 5.78 Å². The minimum Gasteiger partial charge on any atom is -0.497 e. The van der Waals surface area contributed by atoms with Crippen LogP contribution in [-0.4, -0.2) is 38.7 Å². The van der Waals surface area contributed by atoms with E-state index in [1.54, 1.807) is 18.4 Å². The Morgan fingerprint density at radius 2 is 1.94 bits per heavy atom. The van der Waals surface area contributed by atoms with Crippen molar-refractivity contribution in [3.05, 3.63) is 74.8 Å². The number of ether oxygens (including phenoxy) is 3. The van der Waals surface area contributed by atoms with Crippen LogP contribution in [0.4, 0.5) is 0 Å². The molecular formula is C26H29NO5S. The van der Waals surface area contributed by atoms with Crippen LogP contribution in [0.3, 0.4) is 0 Å². The SMILES string of the molecule is CCOCCOC(=O)C1=C(C)NC2=C(C(=O)C[C@@H](c3cccs3)C2)[C@H]1c1ccc(OC)cc1. The van der Waals surface area contributed by atoms with Gasteiger partial charge in [-0.1, -0.05) is 18.2 Å². The van der Waals surface area contributed by atoms with Crippen LogP contribution in [-0.2, 0) is 19.1 Å². The minimum absolute atomic E-state index is 0.0649. The van der Waals surface area contributed by atoms with Crippen molar-refractivity contribution < 1.29 is 23.8 Å². The summed E-state index contributed by atoms with van der Waals surface area (Å²) in [5.74, 6) is 0.0165. The van der Waals surface area contributed by atoms with Gasteiger partial charge in [0.25, 0.3) is 0 Å². The van der Waals surface area contributed by atoms with Crippen LogP contribution in [0.1, 0.15) is 49.0 Å². The number of methoxy groups -OCH3 is 1. The number of ketones is 1. The standard InChI is InChI=1S/C26H29NO5S/c1-4-31-11-12-32-26(29)23-16(2)27-20-14-18(22-6-5-13-33-22)15-21(28)25(20)24(23)17-7-9-19(30-3)10-8-17/h5-10,13,18,24,27H,4,11-12,14-15H2,1-3H3/t18-,24-/m0/s1. The van der Waals surface area contributed by atoms with E-state index < -0.39 is 11.9 Å². The summed E-state index contributed by atoms with van der Waals surface area (Å²) < 4.78 is 16.1. The zero-order chi connectivity index (χ0) is 23.4. The molecule has 2 heterocycles. The number of carbonyl (C=O) groups excluding carboxylic acids is 2. The van der Waals surface area contributed by atoms with Crippen molar-refractivity contribution in [1.29, 1.82) is 0 Å². The molecule has 0 saturated heterocycles. The number of esters is 1. The predicted molar refractivity (Wildman–Crippen MR) is 127 cm³/mol. The predicted octanol–water partition coefficient (Wildman–Crippen LogP) is 4.70. The summed E-state index contributed by atoms with van der Waals surface area (Å²) in [6, 6.07) is 11.6. The van der Waals surface area contributed by atoms with Gasteiger partial charge in [-0.3, -0.25) is 4.79 Å². The number of benzene rings is 1. The maximum atomic E-state index is 13.5. The third kappa shape index (κ3) is 4.89. The lowest BCUT2D eigenvalue weighted by Crippen LogP contribution is -2.36. The van der Waals surface area contributed by atoms with Gasteiger partial charge in [-0.15, -0.1) is 11.3 Å². The number of hydrogen-bond donors (Lipinski definition) is 1. The second-order valence-corrected chi connectivity index (χ2v) is 9.12. The molecule has 7 heteroatoms. The summed E-state index contributed by atoms with van der Waals surface area (Å²) in [6.07, 6.45) is 1.16. The van der Waals surface area contributed by atoms with Crippen molar-refractivity contribution in [2.75, 3.05) is 26.9 Å². The molecule has 174 valence electrons. The van der Waals surface area contributed by atoms with E-state index >= 15 is 0 Å². The Bertz CT molecular complexity index is 1070. The van der Waals surface area contributed by atoms with Crippen LogP contribution in [0.5, 0.6) is 5.75 Å². The van der Waals surface area contributed by atoms with Crippen molar-refractivity contribution in [1.82, 2.24) is 5.32 Å². The van der Waals surface area contributed by atoms with E-state index in [2.05, 4.69) is 11.4 Å². The van der Waals surface area contributed by atoms with Crippen molar-refractivity contribution in [2.45, 2.75) is 38.5 Å². The first-order valence-corrected chi connectivity index (χ1v) is 12.1. The lowest BCUT2D eigenvalue weighted by molar-refractivity contribution is -0.140. The fourth-order valence-electron chi connectivity index (χ4n) is 4.58. The number of dihydropyridines is 1. The van der Waals surface area contributed by atoms with E-state index in [1.807, 2.05) is 49.6 Å². The Balaban J connectivity index is 1.71. The van der Waals surface area contributed by atoms with Gasteiger partial charge in [-0.25, -0.2) is 4.79 Å². The van der Waals surface area contributed by atoms with Gasteiger partial charge in [-0.05, 0) is 49.4 Å². The summed E-state index contributed by atoms with van der Waals surface area (Å²) in [7, 11) is 1.61. The van der Waals surface area contributed by atoms with Crippen molar-refractivity contribution in [3.8, 4) is 5.75 Å². The molecule has 1 aliphatic heterocycles. The fourth-order valence-corrected chi connectivity index (χ4v) is 5.41. The normalized spacial score (nSPS) is 20.4. The summed E-state index contributed by atoms with van der Waals surface area (Å²) >= 11 is 1.68. The van der Waals surface area contributed by atoms with Gasteiger partial charge in [-0.2, -0.15) is 0 Å². The summed E-state index contributed by atoms with van der Waals surface area (Å²) in [6.45, 7) is 4.83. The zero-order valence-electron chi connectivity index (χ0n) is 19.2. The van der Waals surface area contributed by atoms with Crippen LogP contribution in [0.15, 0.2) is 64.3 Å². The third-order valence-electron chi connectivity index (χ3n) is 6.11. The van der Waals surface area contributed by atoms with Gasteiger partial charge in [0.2, 0.25) is 0 Å². The van der Waals surface area contributed by atoms with Crippen LogP contribution in [0.25, 0.3) is 0 Å². The van der Waals surface area contributed by atoms with Crippen molar-refractivity contribution in [2.24, 2.45) is 0 Å². The quantitative estimate of drug-likeness (QED) is 0.448. The Morgan fingerprint density at radius 1 is 1.15 bits per heavy atom. The molecular weight excluding hydrogens is 438 g/mol. The van der Waals surface area contributed by atoms with E-state index in [0.717, 1.165) is 29.1 Å². The van der Waals surface area contributed by atoms with Crippen LogP contribution in [0, 0.1) is 0 Å². The number of nitrogens with one attached hydrogen (secondary N) is 1. The fraction of sp³-hybridized carbons (Fsp3) is 0.385. The van der Waals surface area contributed by atoms with E-state index in [-0.39, 0.29) is 18.3 Å². The largest absolute Gasteiger partial charge is 0.497 e. The number of allylic oxidation sites excluding steroid dienone is 3. The summed E-state index contributed by atoms with van der Waals surface area (Å²) in [5.41, 5.74) is 3.61. The Kier molecular flexibility index (Phi) is 7.30. The summed E-state index contributed by atoms with van der Waals surface area (Å²) in [4.78, 5) is 27.9. The molecule has 33 heavy (non-hydrogen) atoms. The van der Waals surface area contributed by atoms with Crippen molar-refractivity contribution >= 4 is 23.1 Å². The van der Waals surface area contributed by atoms with Crippen LogP contribution >= 0.6 is 11.3 Å². The van der Waals surface area contributed by atoms with Gasteiger partial charge in [0, 0.05) is 46.7 Å². The molecule has 1 aromatic carbocycles. The molecule has 0 bridgehead atoms. The molecule has 0 radical (unpaired) electrons. The van der Waals surface area contributed by atoms with E-state index in [4.69, 9.17) is 14.2 Å². The van der Waals surface area contributed by atoms with E-state index in [1.165, 1.54) is 4.88 Å². The lowest BCUT2D eigenvalue weighted by atomic mass is 9.72. The number of thiophene rings is 1. The van der Waals surface area contributed by atoms with Crippen LogP contribution in [0.2, 0.25) is 0 Å². The highest BCUT2D eigenvalue weighted by Gasteiger charge is 2.41. The molecule has 2 atom stereocenters. The maximum Gasteiger partial charge on any atom is 0.336 e. The summed E-state index contributed by atoms with van der Waals surface area (Å²) in [5, 5.41) is 5.42. The maximum absolute atomic E-state index is 13.5. The van der Waals surface area contributed by atoms with Crippen molar-refractivity contribution in [3.63, 3.8) is 0 Å². The molecule has 0 spiro atoms. The number of Topliss-reactive ketones (excluding diaryl/α,β-unsaturated/α-hetero) is 1. The Morgan fingerprint density at radius 3 is 2.61 bits per heavy atom. The molecule has 0 fully saturated rings. The molecule has 0 saturated carbocycles. The number of rotatable bonds is 8. The zero-order valence-corrected chi connectivity index (χ0v) is 20.0. The average Bonchev–Trinajstić information content (AvgIpc) is 3.36. The van der Waals surface area contributed by atoms with Gasteiger partial charge in [0.1, 0.15) is 12.4 Å². The van der Waals surface area contributed by atoms with Gasteiger partial charge >= 0.3 is 5.97 Å². The smallest absolute Gasteiger partial charge is 0.336 e. The molecule has 2 aromatic rings. The molecule has 1 aromatic heterocycles. The molecule has 6 nitrogen and oxygen atoms in total. The van der Waals surface area contributed by atoms with Gasteiger partial charge < -0.3 is 19.5 Å². The molecule has 0 unspecified atom stereocenters. The molecule has 1 N–H and O–H groups in total. The second-order valence-electron chi connectivity index (χ2n) is 8.14. The highest BCUT2D eigenvalue weighted by Crippen LogP contribution is 2.46.